The third-order valence-corrected chi connectivity index (χ3v) is 2.95. The molecule has 0 saturated carbocycles. The Bertz CT molecular complexity index is 256. The van der Waals surface area contributed by atoms with E-state index in [1.54, 1.807) is 6.33 Å². The van der Waals surface area contributed by atoms with E-state index in [2.05, 4.69) is 21.6 Å². The van der Waals surface area contributed by atoms with Gasteiger partial charge in [0.25, 0.3) is 0 Å². The Morgan fingerprint density at radius 1 is 1.77 bits per heavy atom. The first-order chi connectivity index (χ1) is 6.29. The van der Waals surface area contributed by atoms with Crippen molar-refractivity contribution in [3.8, 4) is 0 Å². The predicted molar refractivity (Wildman–Crippen MR) is 51.9 cm³/mol. The summed E-state index contributed by atoms with van der Waals surface area (Å²) in [7, 11) is 0. The molecule has 0 spiro atoms. The Kier molecular flexibility index (Phi) is 2.46. The van der Waals surface area contributed by atoms with Crippen molar-refractivity contribution in [2.24, 2.45) is 5.41 Å². The van der Waals surface area contributed by atoms with Gasteiger partial charge in [-0.25, -0.2) is 4.98 Å². The largest absolute Gasteiger partial charge is 0.381 e. The van der Waals surface area contributed by atoms with Crippen molar-refractivity contribution in [1.29, 1.82) is 0 Å². The van der Waals surface area contributed by atoms with Gasteiger partial charge in [-0.2, -0.15) is 4.37 Å². The van der Waals surface area contributed by atoms with Gasteiger partial charge in [0.05, 0.1) is 6.61 Å². The molecule has 0 bridgehead atoms. The van der Waals surface area contributed by atoms with Gasteiger partial charge in [-0.05, 0) is 6.42 Å². The lowest BCUT2D eigenvalue weighted by Gasteiger charge is -2.21. The molecule has 4 nitrogen and oxygen atoms in total. The molecule has 0 radical (unpaired) electrons. The van der Waals surface area contributed by atoms with E-state index >= 15 is 0 Å². The van der Waals surface area contributed by atoms with Gasteiger partial charge in [0.15, 0.2) is 0 Å². The Morgan fingerprint density at radius 3 is 3.31 bits per heavy atom. The van der Waals surface area contributed by atoms with Gasteiger partial charge in [-0.1, -0.05) is 6.92 Å². The molecule has 2 rings (SSSR count). The maximum atomic E-state index is 5.36. The van der Waals surface area contributed by atoms with Gasteiger partial charge in [-0.3, -0.25) is 0 Å². The zero-order valence-corrected chi connectivity index (χ0v) is 8.43. The molecule has 5 heteroatoms. The fourth-order valence-electron chi connectivity index (χ4n) is 1.39. The molecule has 1 atom stereocenters. The first-order valence-electron chi connectivity index (χ1n) is 4.37. The summed E-state index contributed by atoms with van der Waals surface area (Å²) < 4.78 is 9.28. The number of ether oxygens (including phenoxy) is 1. The summed E-state index contributed by atoms with van der Waals surface area (Å²) in [6.07, 6.45) is 2.69. The molecule has 1 fully saturated rings. The van der Waals surface area contributed by atoms with E-state index in [9.17, 15) is 0 Å². The Labute approximate surface area is 81.5 Å². The number of anilines is 1. The minimum Gasteiger partial charge on any atom is -0.381 e. The molecule has 1 N–H and O–H groups in total. The summed E-state index contributed by atoms with van der Waals surface area (Å²) in [5, 5.41) is 4.17. The van der Waals surface area contributed by atoms with E-state index in [0.29, 0.717) is 0 Å². The van der Waals surface area contributed by atoms with E-state index in [1.807, 2.05) is 0 Å². The van der Waals surface area contributed by atoms with E-state index in [1.165, 1.54) is 11.5 Å². The van der Waals surface area contributed by atoms with Crippen LogP contribution in [-0.4, -0.2) is 29.1 Å². The van der Waals surface area contributed by atoms with Crippen LogP contribution in [-0.2, 0) is 4.74 Å². The van der Waals surface area contributed by atoms with Crippen molar-refractivity contribution < 1.29 is 4.74 Å². The van der Waals surface area contributed by atoms with Crippen molar-refractivity contribution in [2.75, 3.05) is 25.1 Å². The molecule has 0 aliphatic carbocycles. The van der Waals surface area contributed by atoms with E-state index in [0.717, 1.165) is 31.3 Å². The standard InChI is InChI=1S/C8H13N3OS/c1-8(2-3-12-5-8)4-9-7-10-6-11-13-7/h6H,2-5H2,1H3,(H,9,10,11). The van der Waals surface area contributed by atoms with E-state index in [-0.39, 0.29) is 5.41 Å². The Hall–Kier alpha value is -0.680. The van der Waals surface area contributed by atoms with Crippen LogP contribution in [0.25, 0.3) is 0 Å². The highest BCUT2D eigenvalue weighted by molar-refractivity contribution is 7.09. The predicted octanol–water partition coefficient (Wildman–Crippen LogP) is 1.38. The fourth-order valence-corrected chi connectivity index (χ4v) is 1.81. The quantitative estimate of drug-likeness (QED) is 0.799. The molecule has 1 aromatic heterocycles. The number of rotatable bonds is 3. The summed E-state index contributed by atoms with van der Waals surface area (Å²) in [5.41, 5.74) is 0.270. The fraction of sp³-hybridized carbons (Fsp3) is 0.750. The molecule has 1 saturated heterocycles. The third-order valence-electron chi connectivity index (χ3n) is 2.33. The maximum absolute atomic E-state index is 5.36. The summed E-state index contributed by atoms with van der Waals surface area (Å²) >= 11 is 1.39. The number of nitrogens with one attached hydrogen (secondary N) is 1. The zero-order chi connectivity index (χ0) is 9.15. The minimum atomic E-state index is 0.270. The smallest absolute Gasteiger partial charge is 0.202 e. The highest BCUT2D eigenvalue weighted by atomic mass is 32.1. The lowest BCUT2D eigenvalue weighted by molar-refractivity contribution is 0.164. The molecule has 0 amide bonds. The molecule has 1 aliphatic heterocycles. The van der Waals surface area contributed by atoms with Crippen molar-refractivity contribution in [3.05, 3.63) is 6.33 Å². The van der Waals surface area contributed by atoms with Gasteiger partial charge in [0.1, 0.15) is 6.33 Å². The van der Waals surface area contributed by atoms with Gasteiger partial charge in [0, 0.05) is 30.1 Å². The average Bonchev–Trinajstić information content (AvgIpc) is 2.72. The summed E-state index contributed by atoms with van der Waals surface area (Å²) in [6.45, 7) is 4.88. The van der Waals surface area contributed by atoms with E-state index < -0.39 is 0 Å². The second-order valence-corrected chi connectivity index (χ2v) is 4.49. The molecule has 2 heterocycles. The number of hydrogen-bond donors (Lipinski definition) is 1. The monoisotopic (exact) mass is 199 g/mol. The van der Waals surface area contributed by atoms with Gasteiger partial charge in [-0.15, -0.1) is 0 Å². The SMILES string of the molecule is CC1(CNc2ncns2)CCOC1. The first-order valence-corrected chi connectivity index (χ1v) is 5.14. The summed E-state index contributed by atoms with van der Waals surface area (Å²) in [4.78, 5) is 4.06. The molecule has 1 unspecified atom stereocenters. The van der Waals surface area contributed by atoms with Crippen molar-refractivity contribution in [1.82, 2.24) is 9.36 Å². The lowest BCUT2D eigenvalue weighted by Crippen LogP contribution is -2.26. The topological polar surface area (TPSA) is 47.0 Å². The second kappa shape index (κ2) is 3.59. The molecular weight excluding hydrogens is 186 g/mol. The van der Waals surface area contributed by atoms with Crippen LogP contribution in [0.3, 0.4) is 0 Å². The van der Waals surface area contributed by atoms with Crippen LogP contribution < -0.4 is 5.32 Å². The van der Waals surface area contributed by atoms with Crippen LogP contribution in [0.2, 0.25) is 0 Å². The molecule has 1 aliphatic rings. The third kappa shape index (κ3) is 2.16. The van der Waals surface area contributed by atoms with Gasteiger partial charge < -0.3 is 10.1 Å². The molecule has 72 valence electrons. The van der Waals surface area contributed by atoms with Crippen LogP contribution in [0.5, 0.6) is 0 Å². The van der Waals surface area contributed by atoms with Gasteiger partial charge in [0.2, 0.25) is 5.13 Å². The average molecular weight is 199 g/mol. The van der Waals surface area contributed by atoms with Crippen LogP contribution in [0, 0.1) is 5.41 Å². The molecule has 13 heavy (non-hydrogen) atoms. The summed E-state index contributed by atoms with van der Waals surface area (Å²) in [5.74, 6) is 0. The molecular formula is C8H13N3OS. The normalized spacial score (nSPS) is 27.8. The number of nitrogens with zero attached hydrogens (tertiary/aromatic N) is 2. The van der Waals surface area contributed by atoms with Crippen LogP contribution in [0.4, 0.5) is 5.13 Å². The molecule has 0 aromatic carbocycles. The number of aromatic nitrogens is 2. The van der Waals surface area contributed by atoms with Crippen molar-refractivity contribution in [2.45, 2.75) is 13.3 Å². The van der Waals surface area contributed by atoms with Gasteiger partial charge >= 0.3 is 0 Å². The minimum absolute atomic E-state index is 0.270. The van der Waals surface area contributed by atoms with Crippen LogP contribution in [0.1, 0.15) is 13.3 Å². The second-order valence-electron chi connectivity index (χ2n) is 3.71. The molecule has 1 aromatic rings. The Morgan fingerprint density at radius 2 is 2.69 bits per heavy atom. The maximum Gasteiger partial charge on any atom is 0.202 e. The summed E-state index contributed by atoms with van der Waals surface area (Å²) in [6, 6.07) is 0. The van der Waals surface area contributed by atoms with Crippen LogP contribution >= 0.6 is 11.5 Å². The zero-order valence-electron chi connectivity index (χ0n) is 7.62. The van der Waals surface area contributed by atoms with Crippen molar-refractivity contribution in [3.63, 3.8) is 0 Å². The number of hydrogen-bond acceptors (Lipinski definition) is 5. The highest BCUT2D eigenvalue weighted by Crippen LogP contribution is 2.27. The van der Waals surface area contributed by atoms with Crippen molar-refractivity contribution >= 4 is 16.7 Å². The van der Waals surface area contributed by atoms with E-state index in [4.69, 9.17) is 4.74 Å². The first kappa shape index (κ1) is 8.90. The lowest BCUT2D eigenvalue weighted by atomic mass is 9.90. The van der Waals surface area contributed by atoms with Crippen LogP contribution in [0.15, 0.2) is 6.33 Å². The highest BCUT2D eigenvalue weighted by Gasteiger charge is 2.29. The Balaban J connectivity index is 1.85.